The molecular formula is C37H40ClN3O5S. The molecule has 0 radical (unpaired) electrons. The van der Waals surface area contributed by atoms with Gasteiger partial charge in [-0.25, -0.2) is 8.42 Å². The molecule has 0 unspecified atom stereocenters. The van der Waals surface area contributed by atoms with Gasteiger partial charge in [0.05, 0.1) is 17.7 Å². The average molecular weight is 674 g/mol. The Morgan fingerprint density at radius 1 is 0.894 bits per heavy atom. The molecule has 4 aromatic rings. The first-order valence-corrected chi connectivity index (χ1v) is 17.6. The molecule has 246 valence electrons. The van der Waals surface area contributed by atoms with Crippen molar-refractivity contribution in [2.75, 3.05) is 18.0 Å². The van der Waals surface area contributed by atoms with Crippen molar-refractivity contribution in [3.05, 3.63) is 125 Å². The lowest BCUT2D eigenvalue weighted by Gasteiger charge is -2.34. The van der Waals surface area contributed by atoms with E-state index >= 15 is 0 Å². The van der Waals surface area contributed by atoms with E-state index in [2.05, 4.69) is 5.32 Å². The van der Waals surface area contributed by atoms with Crippen molar-refractivity contribution in [2.24, 2.45) is 0 Å². The van der Waals surface area contributed by atoms with Gasteiger partial charge in [0.15, 0.2) is 0 Å². The minimum atomic E-state index is -4.22. The highest BCUT2D eigenvalue weighted by Crippen LogP contribution is 2.28. The van der Waals surface area contributed by atoms with Crippen molar-refractivity contribution in [3.63, 3.8) is 0 Å². The van der Waals surface area contributed by atoms with Gasteiger partial charge in [0.25, 0.3) is 10.0 Å². The van der Waals surface area contributed by atoms with Crippen LogP contribution in [0.25, 0.3) is 0 Å². The molecule has 0 aliphatic heterocycles. The van der Waals surface area contributed by atoms with Gasteiger partial charge in [-0.2, -0.15) is 0 Å². The summed E-state index contributed by atoms with van der Waals surface area (Å²) >= 11 is 6.59. The third-order valence-corrected chi connectivity index (χ3v) is 10.7. The number of sulfonamides is 1. The fourth-order valence-electron chi connectivity index (χ4n) is 5.85. The summed E-state index contributed by atoms with van der Waals surface area (Å²) in [7, 11) is -2.72. The number of ether oxygens (including phenoxy) is 1. The summed E-state index contributed by atoms with van der Waals surface area (Å²) in [6, 6.07) is 28.8. The number of nitrogens with zero attached hydrogens (tertiary/aromatic N) is 2. The van der Waals surface area contributed by atoms with E-state index in [9.17, 15) is 18.0 Å². The maximum Gasteiger partial charge on any atom is 0.264 e. The topological polar surface area (TPSA) is 96.0 Å². The number of carbonyl (C=O) groups excluding carboxylic acids is 2. The van der Waals surface area contributed by atoms with E-state index in [-0.39, 0.29) is 29.8 Å². The van der Waals surface area contributed by atoms with E-state index in [1.54, 1.807) is 48.5 Å². The van der Waals surface area contributed by atoms with Crippen LogP contribution in [0.3, 0.4) is 0 Å². The van der Waals surface area contributed by atoms with Crippen molar-refractivity contribution in [1.82, 2.24) is 10.2 Å². The summed E-state index contributed by atoms with van der Waals surface area (Å²) in [4.78, 5) is 30.2. The molecule has 1 fully saturated rings. The lowest BCUT2D eigenvalue weighted by atomic mass is 10.0. The number of hydrogen-bond acceptors (Lipinski definition) is 5. The number of anilines is 1. The van der Waals surface area contributed by atoms with Crippen molar-refractivity contribution < 1.29 is 22.7 Å². The van der Waals surface area contributed by atoms with Crippen LogP contribution in [0.5, 0.6) is 5.75 Å². The smallest absolute Gasteiger partial charge is 0.264 e. The Balaban J connectivity index is 1.56. The molecule has 0 heterocycles. The van der Waals surface area contributed by atoms with Crippen LogP contribution in [0.2, 0.25) is 5.02 Å². The van der Waals surface area contributed by atoms with Gasteiger partial charge in [0.2, 0.25) is 11.8 Å². The Hall–Kier alpha value is -4.34. The van der Waals surface area contributed by atoms with E-state index in [4.69, 9.17) is 16.3 Å². The maximum absolute atomic E-state index is 14.6. The summed E-state index contributed by atoms with van der Waals surface area (Å²) in [5.74, 6) is -0.309. The molecule has 0 bridgehead atoms. The predicted octanol–water partition coefficient (Wildman–Crippen LogP) is 6.55. The maximum atomic E-state index is 14.6. The van der Waals surface area contributed by atoms with Crippen LogP contribution in [-0.2, 0) is 32.6 Å². The zero-order chi connectivity index (χ0) is 33.4. The first kappa shape index (κ1) is 34.0. The first-order chi connectivity index (χ1) is 22.7. The lowest BCUT2D eigenvalue weighted by Crippen LogP contribution is -2.54. The normalized spacial score (nSPS) is 13.9. The summed E-state index contributed by atoms with van der Waals surface area (Å²) < 4.78 is 34.8. The van der Waals surface area contributed by atoms with Crippen LogP contribution in [0.15, 0.2) is 108 Å². The second kappa shape index (κ2) is 15.5. The molecule has 0 aromatic heterocycles. The van der Waals surface area contributed by atoms with Crippen LogP contribution in [-0.4, -0.2) is 50.9 Å². The third-order valence-electron chi connectivity index (χ3n) is 8.52. The number of amides is 2. The number of rotatable bonds is 13. The summed E-state index contributed by atoms with van der Waals surface area (Å²) in [6.45, 7) is 1.38. The van der Waals surface area contributed by atoms with E-state index < -0.39 is 28.5 Å². The summed E-state index contributed by atoms with van der Waals surface area (Å²) in [6.07, 6.45) is 4.06. The SMILES string of the molecule is COc1ccc(S(=O)(=O)N(CC(=O)N(Cc2ccccc2Cl)[C@H](Cc2ccccc2)C(=O)NC2CCCC2)c2ccc(C)cc2)cc1. The van der Waals surface area contributed by atoms with Crippen molar-refractivity contribution in [3.8, 4) is 5.75 Å². The molecule has 1 aliphatic rings. The minimum Gasteiger partial charge on any atom is -0.497 e. The lowest BCUT2D eigenvalue weighted by molar-refractivity contribution is -0.140. The Morgan fingerprint density at radius 3 is 2.17 bits per heavy atom. The molecule has 1 N–H and O–H groups in total. The zero-order valence-electron chi connectivity index (χ0n) is 26.6. The Kier molecular flexibility index (Phi) is 11.2. The molecule has 8 nitrogen and oxygen atoms in total. The zero-order valence-corrected chi connectivity index (χ0v) is 28.2. The van der Waals surface area contributed by atoms with Gasteiger partial charge < -0.3 is 15.0 Å². The largest absolute Gasteiger partial charge is 0.497 e. The molecule has 1 aliphatic carbocycles. The predicted molar refractivity (Wildman–Crippen MR) is 185 cm³/mol. The fraction of sp³-hybridized carbons (Fsp3) is 0.297. The van der Waals surface area contributed by atoms with Gasteiger partial charge in [-0.05, 0) is 73.4 Å². The highest BCUT2D eigenvalue weighted by molar-refractivity contribution is 7.92. The highest BCUT2D eigenvalue weighted by atomic mass is 35.5. The second-order valence-corrected chi connectivity index (χ2v) is 14.1. The minimum absolute atomic E-state index is 0.00383. The number of methoxy groups -OCH3 is 1. The average Bonchev–Trinajstić information content (AvgIpc) is 3.60. The molecule has 1 atom stereocenters. The number of aryl methyl sites for hydroxylation is 1. The quantitative estimate of drug-likeness (QED) is 0.174. The first-order valence-electron chi connectivity index (χ1n) is 15.8. The number of hydrogen-bond donors (Lipinski definition) is 1. The standard InChI is InChI=1S/C37H40ClN3O5S/c1-27-16-18-31(19-17-27)41(47(44,45)33-22-20-32(46-2)21-23-33)26-36(42)40(25-29-12-6-9-15-34(29)38)35(24-28-10-4-3-5-11-28)37(43)39-30-13-7-8-14-30/h3-6,9-12,15-23,30,35H,7-8,13-14,24-26H2,1-2H3,(H,39,43)/t35-/m1/s1. The van der Waals surface area contributed by atoms with Crippen LogP contribution in [0.1, 0.15) is 42.4 Å². The monoisotopic (exact) mass is 673 g/mol. The van der Waals surface area contributed by atoms with Crippen molar-refractivity contribution in [1.29, 1.82) is 0 Å². The molecule has 0 saturated heterocycles. The van der Waals surface area contributed by atoms with Gasteiger partial charge in [-0.1, -0.05) is 90.7 Å². The molecule has 1 saturated carbocycles. The van der Waals surface area contributed by atoms with E-state index in [0.717, 1.165) is 41.1 Å². The van der Waals surface area contributed by atoms with E-state index in [1.807, 2.05) is 49.4 Å². The van der Waals surface area contributed by atoms with Crippen LogP contribution >= 0.6 is 11.6 Å². The number of halogens is 1. The molecule has 0 spiro atoms. The van der Waals surface area contributed by atoms with Gasteiger partial charge in [-0.15, -0.1) is 0 Å². The van der Waals surface area contributed by atoms with Gasteiger partial charge in [-0.3, -0.25) is 13.9 Å². The Bertz CT molecular complexity index is 1760. The molecule has 4 aromatic carbocycles. The number of nitrogens with one attached hydrogen (secondary N) is 1. The van der Waals surface area contributed by atoms with E-state index in [0.29, 0.717) is 22.0 Å². The van der Waals surface area contributed by atoms with Gasteiger partial charge in [0.1, 0.15) is 18.3 Å². The molecule has 2 amide bonds. The Morgan fingerprint density at radius 2 is 1.53 bits per heavy atom. The number of carbonyl (C=O) groups is 2. The van der Waals surface area contributed by atoms with E-state index in [1.165, 1.54) is 24.1 Å². The third kappa shape index (κ3) is 8.53. The molecule has 47 heavy (non-hydrogen) atoms. The van der Waals surface area contributed by atoms with Gasteiger partial charge in [0, 0.05) is 24.0 Å². The molecule has 5 rings (SSSR count). The van der Waals surface area contributed by atoms with Crippen LogP contribution in [0, 0.1) is 6.92 Å². The highest BCUT2D eigenvalue weighted by Gasteiger charge is 2.35. The second-order valence-electron chi connectivity index (χ2n) is 11.8. The van der Waals surface area contributed by atoms with Crippen molar-refractivity contribution in [2.45, 2.75) is 62.6 Å². The molecular weight excluding hydrogens is 634 g/mol. The van der Waals surface area contributed by atoms with Gasteiger partial charge >= 0.3 is 0 Å². The number of benzene rings is 4. The summed E-state index contributed by atoms with van der Waals surface area (Å²) in [5, 5.41) is 3.63. The summed E-state index contributed by atoms with van der Waals surface area (Å²) in [5.41, 5.74) is 2.78. The van der Waals surface area contributed by atoms with Crippen LogP contribution in [0.4, 0.5) is 5.69 Å². The fourth-order valence-corrected chi connectivity index (χ4v) is 7.46. The van der Waals surface area contributed by atoms with Crippen molar-refractivity contribution >= 4 is 39.1 Å². The van der Waals surface area contributed by atoms with Crippen LogP contribution < -0.4 is 14.4 Å². The Labute approximate surface area is 282 Å². The molecule has 10 heteroatoms.